The molecule has 3 fully saturated rings. The number of nitrogens with zero attached hydrogens (tertiary/aromatic N) is 2. The fourth-order valence-electron chi connectivity index (χ4n) is 4.36. The standard InChI is InChI=1S/C23H21N3O/c27-23(19-7-4-12-24-13-19)26-14-20-22(21(15-26)25-20)18-10-8-17(9-11-18)16-5-2-1-3-6-16/h1-13,20-22,25H,14-15H2/t20-,21+,22?. The first-order chi connectivity index (χ1) is 13.3. The summed E-state index contributed by atoms with van der Waals surface area (Å²) in [6.45, 7) is 1.49. The highest BCUT2D eigenvalue weighted by molar-refractivity contribution is 5.94. The minimum atomic E-state index is 0.0810. The molecule has 2 aromatic carbocycles. The summed E-state index contributed by atoms with van der Waals surface area (Å²) < 4.78 is 0. The van der Waals surface area contributed by atoms with Gasteiger partial charge in [-0.1, -0.05) is 54.6 Å². The Labute approximate surface area is 158 Å². The van der Waals surface area contributed by atoms with E-state index in [0.29, 0.717) is 23.6 Å². The summed E-state index contributed by atoms with van der Waals surface area (Å²) in [6, 6.07) is 23.6. The first-order valence-electron chi connectivity index (χ1n) is 9.40. The van der Waals surface area contributed by atoms with Gasteiger partial charge in [0.2, 0.25) is 0 Å². The van der Waals surface area contributed by atoms with E-state index in [0.717, 1.165) is 13.1 Å². The lowest BCUT2D eigenvalue weighted by Crippen LogP contribution is -2.72. The number of benzene rings is 2. The van der Waals surface area contributed by atoms with Gasteiger partial charge in [-0.15, -0.1) is 0 Å². The number of pyridine rings is 1. The fourth-order valence-corrected chi connectivity index (χ4v) is 4.36. The van der Waals surface area contributed by atoms with E-state index in [-0.39, 0.29) is 5.91 Å². The Kier molecular flexibility index (Phi) is 3.98. The van der Waals surface area contributed by atoms with E-state index in [1.54, 1.807) is 12.4 Å². The summed E-state index contributed by atoms with van der Waals surface area (Å²) in [5.41, 5.74) is 4.51. The van der Waals surface area contributed by atoms with Crippen LogP contribution in [0.5, 0.6) is 0 Å². The molecule has 1 N–H and O–H groups in total. The number of fused-ring (bicyclic) bond motifs is 2. The zero-order valence-electron chi connectivity index (χ0n) is 15.0. The summed E-state index contributed by atoms with van der Waals surface area (Å²) in [7, 11) is 0. The normalized spacial score (nSPS) is 23.6. The van der Waals surface area contributed by atoms with Crippen LogP contribution in [0, 0.1) is 0 Å². The number of carbonyl (C=O) groups is 1. The topological polar surface area (TPSA) is 45.2 Å². The number of hydrogen-bond donors (Lipinski definition) is 1. The van der Waals surface area contributed by atoms with Crippen LogP contribution in [0.3, 0.4) is 0 Å². The third kappa shape index (κ3) is 2.92. The number of nitrogens with one attached hydrogen (secondary N) is 1. The van der Waals surface area contributed by atoms with E-state index in [1.165, 1.54) is 16.7 Å². The van der Waals surface area contributed by atoms with Crippen molar-refractivity contribution >= 4 is 5.91 Å². The maximum atomic E-state index is 12.7. The van der Waals surface area contributed by atoms with Crippen LogP contribution in [-0.2, 0) is 0 Å². The van der Waals surface area contributed by atoms with E-state index in [1.807, 2.05) is 23.1 Å². The van der Waals surface area contributed by atoms with E-state index in [4.69, 9.17) is 0 Å². The highest BCUT2D eigenvalue weighted by Crippen LogP contribution is 2.37. The highest BCUT2D eigenvalue weighted by atomic mass is 16.2. The predicted octanol–water partition coefficient (Wildman–Crippen LogP) is 3.33. The quantitative estimate of drug-likeness (QED) is 0.784. The van der Waals surface area contributed by atoms with Crippen molar-refractivity contribution in [2.75, 3.05) is 13.1 Å². The van der Waals surface area contributed by atoms with Gasteiger partial charge in [0.05, 0.1) is 5.56 Å². The Morgan fingerprint density at radius 1 is 0.889 bits per heavy atom. The maximum Gasteiger partial charge on any atom is 0.255 e. The van der Waals surface area contributed by atoms with Gasteiger partial charge in [0.25, 0.3) is 5.91 Å². The fraction of sp³-hybridized carbons (Fsp3) is 0.217. The molecule has 4 heterocycles. The molecule has 1 amide bonds. The molecule has 3 aliphatic heterocycles. The van der Waals surface area contributed by atoms with Crippen LogP contribution in [0.1, 0.15) is 21.8 Å². The van der Waals surface area contributed by atoms with Crippen molar-refractivity contribution in [2.45, 2.75) is 18.0 Å². The van der Waals surface area contributed by atoms with Crippen LogP contribution in [0.15, 0.2) is 79.1 Å². The second kappa shape index (κ2) is 6.63. The van der Waals surface area contributed by atoms with Gasteiger partial charge in [0, 0.05) is 43.5 Å². The van der Waals surface area contributed by atoms with Gasteiger partial charge in [-0.05, 0) is 28.8 Å². The molecular formula is C23H21N3O. The average Bonchev–Trinajstić information content (AvgIpc) is 2.75. The van der Waals surface area contributed by atoms with Crippen LogP contribution in [-0.4, -0.2) is 41.0 Å². The van der Waals surface area contributed by atoms with E-state index >= 15 is 0 Å². The second-order valence-corrected chi connectivity index (χ2v) is 7.35. The molecule has 4 heteroatoms. The third-order valence-corrected chi connectivity index (χ3v) is 5.73. The lowest BCUT2D eigenvalue weighted by molar-refractivity contribution is 0.0367. The van der Waals surface area contributed by atoms with E-state index < -0.39 is 0 Å². The monoisotopic (exact) mass is 355 g/mol. The first kappa shape index (κ1) is 16.2. The molecule has 1 aromatic heterocycles. The molecule has 2 bridgehead atoms. The molecule has 3 aliphatic rings. The molecule has 0 radical (unpaired) electrons. The Bertz CT molecular complexity index is 928. The lowest BCUT2D eigenvalue weighted by Gasteiger charge is -2.54. The molecule has 4 nitrogen and oxygen atoms in total. The van der Waals surface area contributed by atoms with E-state index in [2.05, 4.69) is 58.8 Å². The van der Waals surface area contributed by atoms with Crippen LogP contribution in [0.25, 0.3) is 11.1 Å². The molecule has 0 spiro atoms. The van der Waals surface area contributed by atoms with Gasteiger partial charge in [-0.3, -0.25) is 9.78 Å². The van der Waals surface area contributed by atoms with Gasteiger partial charge in [0.15, 0.2) is 0 Å². The molecule has 0 aliphatic carbocycles. The molecule has 134 valence electrons. The SMILES string of the molecule is O=C(c1cccnc1)N1C[C@@H]2N[C@H](C1)C2c1ccc(-c2ccccc2)cc1. The van der Waals surface area contributed by atoms with Gasteiger partial charge >= 0.3 is 0 Å². The zero-order valence-corrected chi connectivity index (χ0v) is 15.0. The largest absolute Gasteiger partial charge is 0.335 e. The number of rotatable bonds is 3. The van der Waals surface area contributed by atoms with Crippen LogP contribution < -0.4 is 5.32 Å². The molecule has 27 heavy (non-hydrogen) atoms. The summed E-state index contributed by atoms with van der Waals surface area (Å²) in [5, 5.41) is 3.60. The Balaban J connectivity index is 1.30. The van der Waals surface area contributed by atoms with Crippen molar-refractivity contribution in [3.8, 4) is 11.1 Å². The average molecular weight is 355 g/mol. The van der Waals surface area contributed by atoms with Crippen LogP contribution in [0.2, 0.25) is 0 Å². The van der Waals surface area contributed by atoms with Crippen molar-refractivity contribution in [1.29, 1.82) is 0 Å². The number of amides is 1. The molecule has 0 saturated carbocycles. The second-order valence-electron chi connectivity index (χ2n) is 7.35. The van der Waals surface area contributed by atoms with Gasteiger partial charge < -0.3 is 10.2 Å². The van der Waals surface area contributed by atoms with Crippen molar-refractivity contribution in [2.24, 2.45) is 0 Å². The number of aromatic nitrogens is 1. The summed E-state index contributed by atoms with van der Waals surface area (Å²) in [4.78, 5) is 18.7. The minimum absolute atomic E-state index is 0.0810. The maximum absolute atomic E-state index is 12.7. The predicted molar refractivity (Wildman–Crippen MR) is 105 cm³/mol. The molecule has 3 aromatic rings. The highest BCUT2D eigenvalue weighted by Gasteiger charge is 2.48. The summed E-state index contributed by atoms with van der Waals surface area (Å²) >= 11 is 0. The summed E-state index contributed by atoms with van der Waals surface area (Å²) in [5.74, 6) is 0.560. The Hall–Kier alpha value is -2.98. The van der Waals surface area contributed by atoms with Crippen molar-refractivity contribution in [3.05, 3.63) is 90.3 Å². The molecular weight excluding hydrogens is 334 g/mol. The van der Waals surface area contributed by atoms with E-state index in [9.17, 15) is 4.79 Å². The number of carbonyl (C=O) groups excluding carboxylic acids is 1. The minimum Gasteiger partial charge on any atom is -0.335 e. The molecule has 1 unspecified atom stereocenters. The Morgan fingerprint density at radius 2 is 1.59 bits per heavy atom. The zero-order chi connectivity index (χ0) is 18.2. The van der Waals surface area contributed by atoms with Crippen LogP contribution >= 0.6 is 0 Å². The van der Waals surface area contributed by atoms with Gasteiger partial charge in [-0.2, -0.15) is 0 Å². The number of piperidine rings is 1. The van der Waals surface area contributed by atoms with Gasteiger partial charge in [-0.25, -0.2) is 0 Å². The first-order valence-corrected chi connectivity index (χ1v) is 9.40. The lowest BCUT2D eigenvalue weighted by atomic mass is 9.74. The smallest absolute Gasteiger partial charge is 0.255 e. The molecule has 3 atom stereocenters. The van der Waals surface area contributed by atoms with Crippen molar-refractivity contribution in [1.82, 2.24) is 15.2 Å². The number of piperazine rings is 1. The molecule has 3 saturated heterocycles. The van der Waals surface area contributed by atoms with Crippen LogP contribution in [0.4, 0.5) is 0 Å². The van der Waals surface area contributed by atoms with Crippen molar-refractivity contribution < 1.29 is 4.79 Å². The molecule has 6 rings (SSSR count). The third-order valence-electron chi connectivity index (χ3n) is 5.73. The summed E-state index contributed by atoms with van der Waals surface area (Å²) in [6.07, 6.45) is 3.34. The van der Waals surface area contributed by atoms with Gasteiger partial charge in [0.1, 0.15) is 0 Å². The number of hydrogen-bond acceptors (Lipinski definition) is 3. The van der Waals surface area contributed by atoms with Crippen molar-refractivity contribution in [3.63, 3.8) is 0 Å². The Morgan fingerprint density at radius 3 is 2.26 bits per heavy atom.